The summed E-state index contributed by atoms with van der Waals surface area (Å²) in [7, 11) is -2.04. The molecule has 1 fully saturated rings. The van der Waals surface area contributed by atoms with Crippen molar-refractivity contribution in [2.75, 3.05) is 43.1 Å². The Hall–Kier alpha value is -3.58. The number of anilines is 2. The summed E-state index contributed by atoms with van der Waals surface area (Å²) in [4.78, 5) is 8.35. The lowest BCUT2D eigenvalue weighted by molar-refractivity contribution is -0.347. The number of para-hydroxylation sites is 2. The van der Waals surface area contributed by atoms with Gasteiger partial charge in [-0.2, -0.15) is 0 Å². The molecule has 1 aromatic heterocycles. The van der Waals surface area contributed by atoms with Crippen LogP contribution in [0.15, 0.2) is 82.7 Å². The molecule has 0 unspecified atom stereocenters. The number of aryl methyl sites for hydroxylation is 2. The molecular weight excluding hydrogens is 458 g/mol. The van der Waals surface area contributed by atoms with E-state index in [1.807, 2.05) is 56.3 Å². The van der Waals surface area contributed by atoms with Crippen LogP contribution in [0.1, 0.15) is 11.1 Å². The smallest absolute Gasteiger partial charge is 0.214 e. The van der Waals surface area contributed by atoms with E-state index in [9.17, 15) is 8.42 Å². The monoisotopic (exact) mass is 488 g/mol. The summed E-state index contributed by atoms with van der Waals surface area (Å²) in [5.41, 5.74) is 4.86. The number of pyridine rings is 1. The van der Waals surface area contributed by atoms with Crippen LogP contribution in [-0.2, 0) is 9.84 Å². The summed E-state index contributed by atoms with van der Waals surface area (Å²) < 4.78 is 33.2. The quantitative estimate of drug-likeness (QED) is 0.416. The zero-order valence-electron chi connectivity index (χ0n) is 20.3. The van der Waals surface area contributed by atoms with Gasteiger partial charge in [-0.25, -0.2) is 13.4 Å². The highest BCUT2D eigenvalue weighted by Crippen LogP contribution is 2.37. The van der Waals surface area contributed by atoms with Gasteiger partial charge in [-0.3, -0.25) is 0 Å². The molecule has 6 nitrogen and oxygen atoms in total. The largest absolute Gasteiger partial charge is 0.495 e. The number of aromatic amines is 1. The number of nitrogens with one attached hydrogen (secondary N) is 1. The van der Waals surface area contributed by atoms with E-state index in [1.165, 1.54) is 0 Å². The van der Waals surface area contributed by atoms with Crippen LogP contribution < -0.4 is 19.5 Å². The first-order valence-corrected chi connectivity index (χ1v) is 13.3. The maximum Gasteiger partial charge on any atom is 0.214 e. The molecule has 180 valence electrons. The molecule has 1 N–H and O–H groups in total. The molecule has 1 aliphatic heterocycles. The van der Waals surface area contributed by atoms with E-state index in [0.29, 0.717) is 22.9 Å². The Morgan fingerprint density at radius 2 is 1.49 bits per heavy atom. The van der Waals surface area contributed by atoms with E-state index < -0.39 is 9.84 Å². The van der Waals surface area contributed by atoms with Crippen molar-refractivity contribution in [1.82, 2.24) is 0 Å². The number of aromatic nitrogens is 1. The minimum atomic E-state index is -3.72. The molecule has 0 atom stereocenters. The molecule has 7 heteroatoms. The lowest BCUT2D eigenvalue weighted by Crippen LogP contribution is -2.47. The lowest BCUT2D eigenvalue weighted by Gasteiger charge is -2.38. The Bertz CT molecular complexity index is 1480. The predicted molar refractivity (Wildman–Crippen MR) is 139 cm³/mol. The Morgan fingerprint density at radius 3 is 2.20 bits per heavy atom. The Kier molecular flexibility index (Phi) is 6.11. The van der Waals surface area contributed by atoms with Crippen LogP contribution in [0.25, 0.3) is 10.9 Å². The van der Waals surface area contributed by atoms with Crippen LogP contribution in [0.2, 0.25) is 0 Å². The fourth-order valence-corrected chi connectivity index (χ4v) is 6.22. The number of hydrogen-bond acceptors (Lipinski definition) is 5. The van der Waals surface area contributed by atoms with Crippen LogP contribution in [0.4, 0.5) is 11.4 Å². The number of nitrogens with zero attached hydrogens (tertiary/aromatic N) is 2. The van der Waals surface area contributed by atoms with E-state index in [-0.39, 0.29) is 0 Å². The van der Waals surface area contributed by atoms with E-state index in [0.717, 1.165) is 52.2 Å². The van der Waals surface area contributed by atoms with Crippen molar-refractivity contribution in [3.8, 4) is 5.75 Å². The van der Waals surface area contributed by atoms with E-state index in [1.54, 1.807) is 25.4 Å². The van der Waals surface area contributed by atoms with Crippen molar-refractivity contribution in [2.24, 2.45) is 0 Å². The van der Waals surface area contributed by atoms with Crippen molar-refractivity contribution in [1.29, 1.82) is 0 Å². The number of piperazine rings is 1. The summed E-state index contributed by atoms with van der Waals surface area (Å²) in [6.45, 7) is 6.90. The van der Waals surface area contributed by atoms with Crippen LogP contribution in [0, 0.1) is 13.8 Å². The third-order valence-corrected chi connectivity index (χ3v) is 8.45. The minimum absolute atomic E-state index is 0.303. The van der Waals surface area contributed by atoms with E-state index in [4.69, 9.17) is 4.74 Å². The maximum atomic E-state index is 13.8. The molecular formula is C28H30N3O3S+. The van der Waals surface area contributed by atoms with Gasteiger partial charge in [0, 0.05) is 32.2 Å². The number of sulfone groups is 1. The number of ether oxygens (including phenoxy) is 1. The number of benzene rings is 3. The first-order valence-electron chi connectivity index (χ1n) is 11.8. The molecule has 0 amide bonds. The fourth-order valence-electron chi connectivity index (χ4n) is 4.76. The Labute approximate surface area is 206 Å². The first-order chi connectivity index (χ1) is 16.9. The third-order valence-electron chi connectivity index (χ3n) is 6.66. The second-order valence-corrected chi connectivity index (χ2v) is 10.9. The molecule has 0 bridgehead atoms. The highest BCUT2D eigenvalue weighted by molar-refractivity contribution is 7.91. The number of fused-ring (bicyclic) bond motifs is 1. The average molecular weight is 489 g/mol. The number of rotatable bonds is 5. The molecule has 0 spiro atoms. The van der Waals surface area contributed by atoms with Gasteiger partial charge in [-0.1, -0.05) is 35.9 Å². The first kappa shape index (κ1) is 23.2. The van der Waals surface area contributed by atoms with Gasteiger partial charge in [-0.15, -0.1) is 0 Å². The summed E-state index contributed by atoms with van der Waals surface area (Å²) >= 11 is 0. The molecule has 5 rings (SSSR count). The number of methoxy groups -OCH3 is 1. The zero-order chi connectivity index (χ0) is 24.6. The lowest BCUT2D eigenvalue weighted by atomic mass is 10.1. The highest BCUT2D eigenvalue weighted by atomic mass is 32.2. The highest BCUT2D eigenvalue weighted by Gasteiger charge is 2.31. The molecule has 1 aliphatic rings. The predicted octanol–water partition coefficient (Wildman–Crippen LogP) is 4.44. The summed E-state index contributed by atoms with van der Waals surface area (Å²) in [6, 6.07) is 21.2. The van der Waals surface area contributed by atoms with Gasteiger partial charge in [0.25, 0.3) is 0 Å². The molecule has 1 saturated heterocycles. The second kappa shape index (κ2) is 9.23. The number of hydrogen-bond donors (Lipinski definition) is 0. The van der Waals surface area contributed by atoms with Crippen molar-refractivity contribution in [3.05, 3.63) is 84.1 Å². The minimum Gasteiger partial charge on any atom is -0.495 e. The van der Waals surface area contributed by atoms with Gasteiger partial charge >= 0.3 is 0 Å². The number of H-pyrrole nitrogens is 1. The topological polar surface area (TPSA) is 64.0 Å². The fraction of sp³-hybridized carbons (Fsp3) is 0.250. The van der Waals surface area contributed by atoms with Gasteiger partial charge in [0.05, 0.1) is 28.8 Å². The van der Waals surface area contributed by atoms with Crippen molar-refractivity contribution >= 4 is 32.1 Å². The normalized spacial score (nSPS) is 14.4. The van der Waals surface area contributed by atoms with Crippen molar-refractivity contribution in [2.45, 2.75) is 23.6 Å². The average Bonchev–Trinajstić information content (AvgIpc) is 2.88. The zero-order valence-corrected chi connectivity index (χ0v) is 21.1. The second-order valence-electron chi connectivity index (χ2n) is 9.01. The van der Waals surface area contributed by atoms with Crippen LogP contribution in [-0.4, -0.2) is 41.7 Å². The summed E-state index contributed by atoms with van der Waals surface area (Å²) in [5, 5.41) is 0.920. The van der Waals surface area contributed by atoms with E-state index in [2.05, 4.69) is 26.9 Å². The molecule has 0 aliphatic carbocycles. The van der Waals surface area contributed by atoms with Crippen molar-refractivity contribution in [3.63, 3.8) is 0 Å². The summed E-state index contributed by atoms with van der Waals surface area (Å²) in [6.07, 6.45) is 1.65. The maximum absolute atomic E-state index is 13.8. The van der Waals surface area contributed by atoms with Gasteiger partial charge in [-0.05, 0) is 49.7 Å². The van der Waals surface area contributed by atoms with Crippen LogP contribution in [0.5, 0.6) is 5.75 Å². The molecule has 35 heavy (non-hydrogen) atoms. The van der Waals surface area contributed by atoms with Crippen molar-refractivity contribution < 1.29 is 18.1 Å². The van der Waals surface area contributed by atoms with E-state index >= 15 is 0 Å². The van der Waals surface area contributed by atoms with Gasteiger partial charge < -0.3 is 14.5 Å². The Morgan fingerprint density at radius 1 is 0.829 bits per heavy atom. The third kappa shape index (κ3) is 4.32. The SMILES string of the molecule is COc1ccccc1N1CCN(c2c(S(=O)(=O)c3ccc(C)cc3)c[nH+]c3ccc(C)cc23)CC1. The van der Waals surface area contributed by atoms with Gasteiger partial charge in [0.15, 0.2) is 11.1 Å². The molecule has 2 heterocycles. The van der Waals surface area contributed by atoms with Crippen LogP contribution in [0.3, 0.4) is 0 Å². The van der Waals surface area contributed by atoms with Gasteiger partial charge in [0.2, 0.25) is 15.4 Å². The summed E-state index contributed by atoms with van der Waals surface area (Å²) in [5.74, 6) is 0.846. The molecule has 0 saturated carbocycles. The van der Waals surface area contributed by atoms with Gasteiger partial charge in [0.1, 0.15) is 5.75 Å². The van der Waals surface area contributed by atoms with Crippen LogP contribution >= 0.6 is 0 Å². The Balaban J connectivity index is 1.57. The molecule has 3 aromatic carbocycles. The molecule has 4 aromatic rings. The molecule has 0 radical (unpaired) electrons. The standard InChI is InChI=1S/C28H29N3O3S/c1-20-8-11-22(12-9-20)35(32,33)27-19-29-24-13-10-21(2)18-23(24)28(27)31-16-14-30(15-17-31)25-6-4-5-7-26(25)34-3/h4-13,18-19H,14-17H2,1-3H3/p+1.